The molecule has 0 spiro atoms. The lowest BCUT2D eigenvalue weighted by Gasteiger charge is -2.06. The second-order valence-corrected chi connectivity index (χ2v) is 2.83. The van der Waals surface area contributed by atoms with Gasteiger partial charge in [0.1, 0.15) is 11.5 Å². The minimum atomic E-state index is 0.414. The molecule has 0 atom stereocenters. The molecule has 1 aromatic heterocycles. The van der Waals surface area contributed by atoms with Crippen molar-refractivity contribution in [2.75, 3.05) is 20.6 Å². The lowest BCUT2D eigenvalue weighted by molar-refractivity contribution is 0.111. The Balaban J connectivity index is 2.56. The maximum Gasteiger partial charge on any atom is 0.181 e. The van der Waals surface area contributed by atoms with E-state index in [0.717, 1.165) is 13.0 Å². The predicted octanol–water partition coefficient (Wildman–Crippen LogP) is 0.591. The van der Waals surface area contributed by atoms with Gasteiger partial charge in [0.15, 0.2) is 12.7 Å². The molecule has 66 valence electrons. The minimum Gasteiger partial charge on any atom is -0.448 e. The molecular formula is C8H12N2O2. The fourth-order valence-electron chi connectivity index (χ4n) is 0.887. The molecule has 1 rings (SSSR count). The van der Waals surface area contributed by atoms with Crippen molar-refractivity contribution in [3.63, 3.8) is 0 Å². The Kier molecular flexibility index (Phi) is 2.99. The van der Waals surface area contributed by atoms with Crippen LogP contribution >= 0.6 is 0 Å². The Hall–Kier alpha value is -1.16. The summed E-state index contributed by atoms with van der Waals surface area (Å²) in [6.45, 7) is 0.857. The first kappa shape index (κ1) is 8.93. The van der Waals surface area contributed by atoms with Crippen molar-refractivity contribution in [2.45, 2.75) is 6.42 Å². The van der Waals surface area contributed by atoms with Gasteiger partial charge in [-0.2, -0.15) is 0 Å². The first-order valence-corrected chi connectivity index (χ1v) is 3.76. The highest BCUT2D eigenvalue weighted by Gasteiger charge is 2.06. The summed E-state index contributed by atoms with van der Waals surface area (Å²) in [6, 6.07) is 0. The normalized spacial score (nSPS) is 10.6. The maximum absolute atomic E-state index is 10.4. The van der Waals surface area contributed by atoms with Gasteiger partial charge < -0.3 is 9.32 Å². The molecule has 0 amide bonds. The zero-order chi connectivity index (χ0) is 8.97. The number of oxazole rings is 1. The second-order valence-electron chi connectivity index (χ2n) is 2.83. The van der Waals surface area contributed by atoms with E-state index in [2.05, 4.69) is 4.98 Å². The molecule has 0 saturated carbocycles. The van der Waals surface area contributed by atoms with Crippen molar-refractivity contribution in [1.82, 2.24) is 9.88 Å². The summed E-state index contributed by atoms with van der Waals surface area (Å²) in [5.41, 5.74) is 0.414. The minimum absolute atomic E-state index is 0.414. The van der Waals surface area contributed by atoms with E-state index in [-0.39, 0.29) is 0 Å². The van der Waals surface area contributed by atoms with Gasteiger partial charge in [-0.1, -0.05) is 0 Å². The molecule has 0 radical (unpaired) electrons. The molecule has 4 nitrogen and oxygen atoms in total. The Morgan fingerprint density at radius 2 is 2.42 bits per heavy atom. The quantitative estimate of drug-likeness (QED) is 0.617. The van der Waals surface area contributed by atoms with Gasteiger partial charge in [-0.05, 0) is 14.1 Å². The van der Waals surface area contributed by atoms with Crippen LogP contribution in [0.3, 0.4) is 0 Å². The fraction of sp³-hybridized carbons (Fsp3) is 0.500. The number of hydrogen-bond donors (Lipinski definition) is 0. The molecule has 0 aliphatic heterocycles. The number of rotatable bonds is 4. The standard InChI is InChI=1S/C8H12N2O2/c1-10(2)4-3-8-7(5-11)9-6-12-8/h5-6H,3-4H2,1-2H3. The van der Waals surface area contributed by atoms with E-state index in [0.29, 0.717) is 17.7 Å². The first-order chi connectivity index (χ1) is 5.74. The highest BCUT2D eigenvalue weighted by molar-refractivity contribution is 5.72. The number of likely N-dealkylation sites (N-methyl/N-ethyl adjacent to an activating group) is 1. The van der Waals surface area contributed by atoms with Gasteiger partial charge in [-0.15, -0.1) is 0 Å². The molecule has 4 heteroatoms. The second kappa shape index (κ2) is 4.01. The van der Waals surface area contributed by atoms with E-state index in [9.17, 15) is 4.79 Å². The van der Waals surface area contributed by atoms with Crippen LogP contribution in [-0.4, -0.2) is 36.8 Å². The molecule has 0 saturated heterocycles. The Morgan fingerprint density at radius 1 is 1.67 bits per heavy atom. The van der Waals surface area contributed by atoms with Crippen LogP contribution in [0.15, 0.2) is 10.8 Å². The van der Waals surface area contributed by atoms with E-state index in [1.165, 1.54) is 6.39 Å². The smallest absolute Gasteiger partial charge is 0.181 e. The monoisotopic (exact) mass is 168 g/mol. The Morgan fingerprint density at radius 3 is 3.00 bits per heavy atom. The number of aldehydes is 1. The lowest BCUT2D eigenvalue weighted by atomic mass is 10.3. The summed E-state index contributed by atoms with van der Waals surface area (Å²) in [6.07, 6.45) is 2.74. The van der Waals surface area contributed by atoms with Gasteiger partial charge in [0.2, 0.25) is 0 Å². The average Bonchev–Trinajstić information content (AvgIpc) is 2.47. The van der Waals surface area contributed by atoms with Crippen LogP contribution in [0.25, 0.3) is 0 Å². The van der Waals surface area contributed by atoms with E-state index in [1.54, 1.807) is 0 Å². The number of aromatic nitrogens is 1. The summed E-state index contributed by atoms with van der Waals surface area (Å²) >= 11 is 0. The number of nitrogens with zero attached hydrogens (tertiary/aromatic N) is 2. The molecule has 0 N–H and O–H groups in total. The zero-order valence-corrected chi connectivity index (χ0v) is 7.28. The molecule has 0 aliphatic rings. The molecule has 0 unspecified atom stereocenters. The molecule has 1 heterocycles. The van der Waals surface area contributed by atoms with Gasteiger partial charge in [0, 0.05) is 13.0 Å². The lowest BCUT2D eigenvalue weighted by Crippen LogP contribution is -2.15. The number of hydrogen-bond acceptors (Lipinski definition) is 4. The third-order valence-corrected chi connectivity index (χ3v) is 1.57. The van der Waals surface area contributed by atoms with Crippen molar-refractivity contribution in [3.8, 4) is 0 Å². The molecular weight excluding hydrogens is 156 g/mol. The SMILES string of the molecule is CN(C)CCc1ocnc1C=O. The van der Waals surface area contributed by atoms with Crippen molar-refractivity contribution in [3.05, 3.63) is 17.8 Å². The topological polar surface area (TPSA) is 46.3 Å². The van der Waals surface area contributed by atoms with Crippen LogP contribution < -0.4 is 0 Å². The van der Waals surface area contributed by atoms with Gasteiger partial charge in [0.05, 0.1) is 0 Å². The van der Waals surface area contributed by atoms with Crippen molar-refractivity contribution < 1.29 is 9.21 Å². The van der Waals surface area contributed by atoms with Crippen LogP contribution in [0, 0.1) is 0 Å². The maximum atomic E-state index is 10.4. The van der Waals surface area contributed by atoms with Crippen molar-refractivity contribution >= 4 is 6.29 Å². The number of carbonyl (C=O) groups is 1. The van der Waals surface area contributed by atoms with Crippen LogP contribution in [0.4, 0.5) is 0 Å². The van der Waals surface area contributed by atoms with E-state index in [1.807, 2.05) is 19.0 Å². The summed E-state index contributed by atoms with van der Waals surface area (Å²) in [4.78, 5) is 16.2. The fourth-order valence-corrected chi connectivity index (χ4v) is 0.887. The van der Waals surface area contributed by atoms with Crippen LogP contribution in [0.2, 0.25) is 0 Å². The third kappa shape index (κ3) is 2.17. The first-order valence-electron chi connectivity index (χ1n) is 3.76. The van der Waals surface area contributed by atoms with E-state index < -0.39 is 0 Å². The summed E-state index contributed by atoms with van der Waals surface area (Å²) < 4.78 is 5.04. The van der Waals surface area contributed by atoms with Crippen molar-refractivity contribution in [1.29, 1.82) is 0 Å². The molecule has 0 aromatic carbocycles. The summed E-state index contributed by atoms with van der Waals surface area (Å²) in [5.74, 6) is 0.665. The van der Waals surface area contributed by atoms with Crippen LogP contribution in [0.5, 0.6) is 0 Å². The predicted molar refractivity (Wildman–Crippen MR) is 44.1 cm³/mol. The third-order valence-electron chi connectivity index (χ3n) is 1.57. The number of carbonyl (C=O) groups excluding carboxylic acids is 1. The molecule has 0 aliphatic carbocycles. The van der Waals surface area contributed by atoms with Crippen LogP contribution in [0.1, 0.15) is 16.2 Å². The highest BCUT2D eigenvalue weighted by atomic mass is 16.3. The van der Waals surface area contributed by atoms with Crippen LogP contribution in [-0.2, 0) is 6.42 Å². The van der Waals surface area contributed by atoms with E-state index in [4.69, 9.17) is 4.42 Å². The zero-order valence-electron chi connectivity index (χ0n) is 7.28. The van der Waals surface area contributed by atoms with Gasteiger partial charge in [0.25, 0.3) is 0 Å². The van der Waals surface area contributed by atoms with Gasteiger partial charge >= 0.3 is 0 Å². The molecule has 0 bridgehead atoms. The average molecular weight is 168 g/mol. The Labute approximate surface area is 71.2 Å². The summed E-state index contributed by atoms with van der Waals surface area (Å²) in [5, 5.41) is 0. The summed E-state index contributed by atoms with van der Waals surface area (Å²) in [7, 11) is 3.94. The largest absolute Gasteiger partial charge is 0.448 e. The molecule has 1 aromatic rings. The highest BCUT2D eigenvalue weighted by Crippen LogP contribution is 2.04. The van der Waals surface area contributed by atoms with Gasteiger partial charge in [-0.25, -0.2) is 4.98 Å². The molecule has 12 heavy (non-hydrogen) atoms. The van der Waals surface area contributed by atoms with Crippen molar-refractivity contribution in [2.24, 2.45) is 0 Å². The van der Waals surface area contributed by atoms with E-state index >= 15 is 0 Å². The van der Waals surface area contributed by atoms with Gasteiger partial charge in [-0.3, -0.25) is 4.79 Å². The Bertz CT molecular complexity index is 255. The molecule has 0 fully saturated rings.